The van der Waals surface area contributed by atoms with Gasteiger partial charge in [0, 0.05) is 0 Å². The van der Waals surface area contributed by atoms with E-state index in [-0.39, 0.29) is 11.5 Å². The molecule has 2 N–H and O–H groups in total. The third-order valence-corrected chi connectivity index (χ3v) is 2.75. The maximum absolute atomic E-state index is 9.28. The van der Waals surface area contributed by atoms with E-state index in [0.29, 0.717) is 0 Å². The summed E-state index contributed by atoms with van der Waals surface area (Å²) in [6.07, 6.45) is 4.08. The van der Waals surface area contributed by atoms with E-state index in [1.807, 2.05) is 18.2 Å². The Hall–Kier alpha value is -1.96. The highest BCUT2D eigenvalue weighted by Gasteiger charge is 1.97. The van der Waals surface area contributed by atoms with Crippen molar-refractivity contribution in [3.63, 3.8) is 0 Å². The Balaban J connectivity index is 0.000000312. The van der Waals surface area contributed by atoms with Gasteiger partial charge in [-0.25, -0.2) is 0 Å². The number of aromatic hydroxyl groups is 2. The quantitative estimate of drug-likeness (QED) is 0.816. The summed E-state index contributed by atoms with van der Waals surface area (Å²) in [4.78, 5) is 0. The third kappa shape index (κ3) is 5.47. The lowest BCUT2D eigenvalue weighted by Gasteiger charge is -2.01. The molecule has 0 heterocycles. The van der Waals surface area contributed by atoms with E-state index in [0.717, 1.165) is 11.1 Å². The van der Waals surface area contributed by atoms with Crippen LogP contribution in [-0.4, -0.2) is 10.2 Å². The number of hydrogen-bond donors (Lipinski definition) is 2. The zero-order chi connectivity index (χ0) is 14.1. The topological polar surface area (TPSA) is 40.5 Å². The summed E-state index contributed by atoms with van der Waals surface area (Å²) in [5, 5.41) is 18.4. The molecule has 0 radical (unpaired) electrons. The molecule has 0 aliphatic rings. The molecule has 2 heteroatoms. The van der Waals surface area contributed by atoms with E-state index in [1.165, 1.54) is 19.3 Å². The zero-order valence-corrected chi connectivity index (χ0v) is 11.6. The van der Waals surface area contributed by atoms with E-state index in [1.54, 1.807) is 30.3 Å². The van der Waals surface area contributed by atoms with Gasteiger partial charge in [0.1, 0.15) is 11.5 Å². The first-order chi connectivity index (χ1) is 9.17. The summed E-state index contributed by atoms with van der Waals surface area (Å²) in [7, 11) is 0. The van der Waals surface area contributed by atoms with Crippen LogP contribution in [0.15, 0.2) is 48.5 Å². The van der Waals surface area contributed by atoms with Crippen molar-refractivity contribution in [1.82, 2.24) is 0 Å². The number of benzene rings is 2. The number of hydrogen-bond acceptors (Lipinski definition) is 2. The molecule has 0 saturated carbocycles. The average molecular weight is 258 g/mol. The molecule has 0 spiro atoms. The summed E-state index contributed by atoms with van der Waals surface area (Å²) in [6.45, 7) is 4.42. The number of phenols is 2. The molecular formula is C17H22O2. The molecule has 0 fully saturated rings. The van der Waals surface area contributed by atoms with Crippen molar-refractivity contribution < 1.29 is 10.2 Å². The van der Waals surface area contributed by atoms with Crippen LogP contribution in [-0.2, 0) is 0 Å². The van der Waals surface area contributed by atoms with Crippen molar-refractivity contribution in [3.8, 4) is 22.6 Å². The molecule has 0 atom stereocenters. The summed E-state index contributed by atoms with van der Waals surface area (Å²) in [5.41, 5.74) is 1.91. The lowest BCUT2D eigenvalue weighted by atomic mass is 10.1. The molecular weight excluding hydrogens is 236 g/mol. The highest BCUT2D eigenvalue weighted by Crippen LogP contribution is 2.24. The van der Waals surface area contributed by atoms with E-state index < -0.39 is 0 Å². The van der Waals surface area contributed by atoms with E-state index in [2.05, 4.69) is 13.8 Å². The number of unbranched alkanes of at least 4 members (excludes halogenated alkanes) is 2. The van der Waals surface area contributed by atoms with Crippen LogP contribution in [0.3, 0.4) is 0 Å². The summed E-state index contributed by atoms with van der Waals surface area (Å²) in [5.74, 6) is 0.490. The largest absolute Gasteiger partial charge is 0.508 e. The van der Waals surface area contributed by atoms with Crippen molar-refractivity contribution in [1.29, 1.82) is 0 Å². The van der Waals surface area contributed by atoms with Crippen LogP contribution in [0.5, 0.6) is 11.5 Å². The molecule has 2 aromatic carbocycles. The van der Waals surface area contributed by atoms with Gasteiger partial charge < -0.3 is 10.2 Å². The van der Waals surface area contributed by atoms with Gasteiger partial charge in [-0.1, -0.05) is 57.4 Å². The fraction of sp³-hybridized carbons (Fsp3) is 0.294. The van der Waals surface area contributed by atoms with Crippen molar-refractivity contribution in [2.45, 2.75) is 33.1 Å². The van der Waals surface area contributed by atoms with Crippen molar-refractivity contribution in [2.24, 2.45) is 0 Å². The normalized spacial score (nSPS) is 9.58. The maximum Gasteiger partial charge on any atom is 0.116 e. The van der Waals surface area contributed by atoms with Gasteiger partial charge in [0.15, 0.2) is 0 Å². The second kappa shape index (κ2) is 8.20. The predicted molar refractivity (Wildman–Crippen MR) is 80.4 cm³/mol. The van der Waals surface area contributed by atoms with Crippen LogP contribution < -0.4 is 0 Å². The third-order valence-electron chi connectivity index (χ3n) is 2.75. The molecule has 0 saturated heterocycles. The highest BCUT2D eigenvalue weighted by molar-refractivity contribution is 5.65. The van der Waals surface area contributed by atoms with Crippen LogP contribution in [0.4, 0.5) is 0 Å². The maximum atomic E-state index is 9.28. The summed E-state index contributed by atoms with van der Waals surface area (Å²) in [6, 6.07) is 13.9. The standard InChI is InChI=1S/C12H10O2.C5H12/c13-11-6-4-9(5-7-11)10-2-1-3-12(14)8-10;1-3-5-4-2/h1-8,13-14H;3-5H2,1-2H3. The Morgan fingerprint density at radius 2 is 1.37 bits per heavy atom. The van der Waals surface area contributed by atoms with Gasteiger partial charge in [-0.2, -0.15) is 0 Å². The molecule has 0 aromatic heterocycles. The first-order valence-corrected chi connectivity index (χ1v) is 6.75. The molecule has 19 heavy (non-hydrogen) atoms. The van der Waals surface area contributed by atoms with Crippen molar-refractivity contribution in [3.05, 3.63) is 48.5 Å². The van der Waals surface area contributed by atoms with Gasteiger partial charge in [-0.15, -0.1) is 0 Å². The molecule has 2 rings (SSSR count). The molecule has 0 aliphatic heterocycles. The van der Waals surface area contributed by atoms with Crippen LogP contribution in [0.1, 0.15) is 33.1 Å². The molecule has 0 aliphatic carbocycles. The fourth-order valence-corrected chi connectivity index (χ4v) is 1.69. The van der Waals surface area contributed by atoms with Crippen LogP contribution in [0.2, 0.25) is 0 Å². The highest BCUT2D eigenvalue weighted by atomic mass is 16.3. The average Bonchev–Trinajstić information content (AvgIpc) is 2.41. The van der Waals surface area contributed by atoms with E-state index in [4.69, 9.17) is 5.11 Å². The Labute approximate surface area is 115 Å². The first-order valence-electron chi connectivity index (χ1n) is 6.75. The molecule has 0 bridgehead atoms. The van der Waals surface area contributed by atoms with Crippen LogP contribution >= 0.6 is 0 Å². The van der Waals surface area contributed by atoms with Crippen LogP contribution in [0, 0.1) is 0 Å². The lowest BCUT2D eigenvalue weighted by molar-refractivity contribution is 0.475. The summed E-state index contributed by atoms with van der Waals surface area (Å²) < 4.78 is 0. The van der Waals surface area contributed by atoms with Crippen molar-refractivity contribution >= 4 is 0 Å². The molecule has 0 unspecified atom stereocenters. The molecule has 2 aromatic rings. The van der Waals surface area contributed by atoms with E-state index >= 15 is 0 Å². The smallest absolute Gasteiger partial charge is 0.116 e. The second-order valence-corrected chi connectivity index (χ2v) is 4.45. The van der Waals surface area contributed by atoms with Crippen LogP contribution in [0.25, 0.3) is 11.1 Å². The number of rotatable bonds is 3. The zero-order valence-electron chi connectivity index (χ0n) is 11.6. The molecule has 2 nitrogen and oxygen atoms in total. The van der Waals surface area contributed by atoms with Gasteiger partial charge in [-0.3, -0.25) is 0 Å². The van der Waals surface area contributed by atoms with Gasteiger partial charge in [0.05, 0.1) is 0 Å². The van der Waals surface area contributed by atoms with Gasteiger partial charge in [-0.05, 0) is 35.4 Å². The number of phenolic OH excluding ortho intramolecular Hbond substituents is 2. The Kier molecular flexibility index (Phi) is 6.51. The van der Waals surface area contributed by atoms with Gasteiger partial charge >= 0.3 is 0 Å². The SMILES string of the molecule is CCCCC.Oc1ccc(-c2cccc(O)c2)cc1. The molecule has 0 amide bonds. The molecule has 102 valence electrons. The minimum absolute atomic E-state index is 0.244. The Morgan fingerprint density at radius 3 is 1.84 bits per heavy atom. The van der Waals surface area contributed by atoms with E-state index in [9.17, 15) is 5.11 Å². The monoisotopic (exact) mass is 258 g/mol. The predicted octanol–water partition coefficient (Wildman–Crippen LogP) is 4.96. The Morgan fingerprint density at radius 1 is 0.737 bits per heavy atom. The fourth-order valence-electron chi connectivity index (χ4n) is 1.69. The lowest BCUT2D eigenvalue weighted by Crippen LogP contribution is -1.76. The van der Waals surface area contributed by atoms with Gasteiger partial charge in [0.2, 0.25) is 0 Å². The Bertz CT molecular complexity index is 473. The van der Waals surface area contributed by atoms with Gasteiger partial charge in [0.25, 0.3) is 0 Å². The minimum atomic E-state index is 0.244. The van der Waals surface area contributed by atoms with Crippen molar-refractivity contribution in [2.75, 3.05) is 0 Å². The summed E-state index contributed by atoms with van der Waals surface area (Å²) >= 11 is 0. The minimum Gasteiger partial charge on any atom is -0.508 e. The first kappa shape index (κ1) is 15.1. The second-order valence-electron chi connectivity index (χ2n) is 4.45.